The molecule has 0 saturated heterocycles. The van der Waals surface area contributed by atoms with Crippen LogP contribution in [0.2, 0.25) is 0 Å². The molecule has 0 heterocycles. The van der Waals surface area contributed by atoms with Gasteiger partial charge in [-0.15, -0.1) is 0 Å². The normalized spacial score (nSPS) is 11.6. The lowest BCUT2D eigenvalue weighted by molar-refractivity contribution is -0.175. The van der Waals surface area contributed by atoms with Crippen LogP contribution in [0.5, 0.6) is 0 Å². The van der Waals surface area contributed by atoms with Gasteiger partial charge in [-0.2, -0.15) is 0 Å². The fourth-order valence-corrected chi connectivity index (χ4v) is 1.44. The van der Waals surface area contributed by atoms with Gasteiger partial charge >= 0.3 is 5.79 Å². The Morgan fingerprint density at radius 3 is 2.33 bits per heavy atom. The average Bonchev–Trinajstić information content (AvgIpc) is 2.60. The maximum Gasteiger partial charge on any atom is 0.375 e. The lowest BCUT2D eigenvalue weighted by Gasteiger charge is -2.29. The number of ether oxygens (including phenoxy) is 4. The first-order chi connectivity index (χ1) is 11.7. The van der Waals surface area contributed by atoms with Gasteiger partial charge in [0, 0.05) is 25.7 Å². The van der Waals surface area contributed by atoms with E-state index in [-0.39, 0.29) is 0 Å². The summed E-state index contributed by atoms with van der Waals surface area (Å²) in [5.41, 5.74) is 0. The molecule has 4 nitrogen and oxygen atoms in total. The topological polar surface area (TPSA) is 36.9 Å². The van der Waals surface area contributed by atoms with Gasteiger partial charge < -0.3 is 18.9 Å². The first kappa shape index (κ1) is 21.0. The quantitative estimate of drug-likeness (QED) is 0.555. The summed E-state index contributed by atoms with van der Waals surface area (Å²) in [7, 11) is 0. The molecule has 0 bridgehead atoms. The van der Waals surface area contributed by atoms with Crippen LogP contribution >= 0.6 is 0 Å². The highest BCUT2D eigenvalue weighted by molar-refractivity contribution is 5.16. The van der Waals surface area contributed by atoms with Crippen molar-refractivity contribution in [2.24, 2.45) is 0 Å². The van der Waals surface area contributed by atoms with Crippen LogP contribution in [0.1, 0.15) is 53.4 Å². The van der Waals surface area contributed by atoms with Crippen molar-refractivity contribution in [3.8, 4) is 60.6 Å². The van der Waals surface area contributed by atoms with Crippen molar-refractivity contribution in [2.45, 2.75) is 65.3 Å². The van der Waals surface area contributed by atoms with Gasteiger partial charge in [0.1, 0.15) is 30.5 Å². The van der Waals surface area contributed by atoms with E-state index in [0.29, 0.717) is 12.8 Å². The molecule has 126 valence electrons. The maximum atomic E-state index is 5.50. The molecule has 0 aromatic heterocycles. The van der Waals surface area contributed by atoms with Gasteiger partial charge in [0.05, 0.1) is 0 Å². The highest BCUT2D eigenvalue weighted by Crippen LogP contribution is 2.23. The largest absolute Gasteiger partial charge is 0.434 e. The Hall–Kier alpha value is -3.00. The molecule has 24 heavy (non-hydrogen) atoms. The highest BCUT2D eigenvalue weighted by atomic mass is 16.7. The van der Waals surface area contributed by atoms with Gasteiger partial charge in [-0.1, -0.05) is 45.0 Å². The zero-order valence-corrected chi connectivity index (χ0v) is 14.6. The molecule has 0 radical (unpaired) electrons. The Bertz CT molecular complexity index is 643. The van der Waals surface area contributed by atoms with E-state index in [2.05, 4.69) is 54.2 Å². The second kappa shape index (κ2) is 13.6. The Morgan fingerprint density at radius 2 is 1.75 bits per heavy atom. The number of hydrogen-bond donors (Lipinski definition) is 0. The molecule has 0 aromatic carbocycles. The minimum Gasteiger partial charge on any atom is -0.434 e. The molecule has 0 saturated carbocycles. The zero-order valence-electron chi connectivity index (χ0n) is 14.6. The minimum atomic E-state index is -1.60. The third kappa shape index (κ3) is 7.85. The van der Waals surface area contributed by atoms with Crippen LogP contribution in [0.15, 0.2) is 0 Å². The fourth-order valence-electron chi connectivity index (χ4n) is 1.44. The lowest BCUT2D eigenvalue weighted by atomic mass is 10.1. The van der Waals surface area contributed by atoms with Crippen molar-refractivity contribution in [3.63, 3.8) is 0 Å². The van der Waals surface area contributed by atoms with Crippen molar-refractivity contribution < 1.29 is 18.9 Å². The Balaban J connectivity index is 5.61. The number of terminal acetylenes is 1. The molecule has 0 rings (SSSR count). The van der Waals surface area contributed by atoms with Crippen molar-refractivity contribution in [2.75, 3.05) is 0 Å². The molecule has 0 spiro atoms. The summed E-state index contributed by atoms with van der Waals surface area (Å²) < 4.78 is 21.1. The third-order valence-corrected chi connectivity index (χ3v) is 2.54. The summed E-state index contributed by atoms with van der Waals surface area (Å²) in [6.45, 7) is 7.37. The molecular weight excluding hydrogens is 304 g/mol. The van der Waals surface area contributed by atoms with Gasteiger partial charge in [0.15, 0.2) is 0 Å². The summed E-state index contributed by atoms with van der Waals surface area (Å²) in [6, 6.07) is 0. The van der Waals surface area contributed by atoms with E-state index in [9.17, 15) is 0 Å². The first-order valence-corrected chi connectivity index (χ1v) is 7.73. The second-order valence-electron chi connectivity index (χ2n) is 4.35. The monoisotopic (exact) mass is 326 g/mol. The van der Waals surface area contributed by atoms with Gasteiger partial charge in [0.25, 0.3) is 0 Å². The van der Waals surface area contributed by atoms with E-state index < -0.39 is 11.9 Å². The van der Waals surface area contributed by atoms with Crippen LogP contribution in [0.4, 0.5) is 0 Å². The van der Waals surface area contributed by atoms with E-state index in [4.69, 9.17) is 25.4 Å². The van der Waals surface area contributed by atoms with Crippen LogP contribution < -0.4 is 0 Å². The highest BCUT2D eigenvalue weighted by Gasteiger charge is 2.44. The number of rotatable bonds is 6. The lowest BCUT2D eigenvalue weighted by Crippen LogP contribution is -2.45. The van der Waals surface area contributed by atoms with Crippen LogP contribution in [0.3, 0.4) is 0 Å². The average molecular weight is 326 g/mol. The minimum absolute atomic E-state index is 0.458. The molecule has 0 amide bonds. The summed E-state index contributed by atoms with van der Waals surface area (Å²) in [5, 5.41) is 0. The predicted octanol–water partition coefficient (Wildman–Crippen LogP) is 3.19. The van der Waals surface area contributed by atoms with Crippen LogP contribution in [0.25, 0.3) is 0 Å². The molecule has 4 heteroatoms. The van der Waals surface area contributed by atoms with E-state index >= 15 is 0 Å². The molecule has 0 fully saturated rings. The molecule has 0 aliphatic rings. The predicted molar refractivity (Wildman–Crippen MR) is 92.0 cm³/mol. The van der Waals surface area contributed by atoms with Gasteiger partial charge in [-0.3, -0.25) is 0 Å². The maximum absolute atomic E-state index is 5.50. The van der Waals surface area contributed by atoms with Gasteiger partial charge in [-0.05, 0) is 12.8 Å². The molecular formula is C20H22O4. The Labute approximate surface area is 145 Å². The second-order valence-corrected chi connectivity index (χ2v) is 4.35. The van der Waals surface area contributed by atoms with Crippen molar-refractivity contribution in [3.05, 3.63) is 0 Å². The zero-order chi connectivity index (χ0) is 18.1. The van der Waals surface area contributed by atoms with Gasteiger partial charge in [-0.25, -0.2) is 0 Å². The summed E-state index contributed by atoms with van der Waals surface area (Å²) in [5.74, 6) is 9.29. The standard InChI is InChI=1S/C20H22O4/c1-6-11-13-16-21-18-14-20(23-15-8-3,24-17-12-7-2)19(9-4)22-10-5/h5,19H,6-7,9,11H2,1-4H3. The molecule has 0 aliphatic carbocycles. The number of hydrogen-bond acceptors (Lipinski definition) is 4. The summed E-state index contributed by atoms with van der Waals surface area (Å²) in [4.78, 5) is 0. The summed E-state index contributed by atoms with van der Waals surface area (Å²) in [6.07, 6.45) is 19.3. The van der Waals surface area contributed by atoms with E-state index in [1.807, 2.05) is 20.8 Å². The molecule has 0 N–H and O–H groups in total. The smallest absolute Gasteiger partial charge is 0.375 e. The Kier molecular flexibility index (Phi) is 11.9. The van der Waals surface area contributed by atoms with Crippen LogP contribution in [-0.2, 0) is 18.9 Å². The number of unbranched alkanes of at least 4 members (excludes halogenated alkanes) is 1. The first-order valence-electron chi connectivity index (χ1n) is 7.73. The van der Waals surface area contributed by atoms with Crippen molar-refractivity contribution in [1.29, 1.82) is 0 Å². The molecule has 0 aliphatic heterocycles. The van der Waals surface area contributed by atoms with E-state index in [1.165, 1.54) is 0 Å². The Morgan fingerprint density at radius 1 is 1.00 bits per heavy atom. The molecule has 2 atom stereocenters. The van der Waals surface area contributed by atoms with Gasteiger partial charge in [0.2, 0.25) is 6.10 Å². The van der Waals surface area contributed by atoms with E-state index in [0.717, 1.165) is 12.8 Å². The van der Waals surface area contributed by atoms with E-state index in [1.54, 1.807) is 6.92 Å². The third-order valence-electron chi connectivity index (χ3n) is 2.54. The fraction of sp³-hybridized carbons (Fsp3) is 0.500. The van der Waals surface area contributed by atoms with Crippen molar-refractivity contribution >= 4 is 0 Å². The SMILES string of the molecule is C#COC(CC)C(C#COC#CCCC)(OC#CC)OC#CCC. The van der Waals surface area contributed by atoms with Crippen molar-refractivity contribution in [1.82, 2.24) is 0 Å². The molecule has 2 unspecified atom stereocenters. The van der Waals surface area contributed by atoms with Crippen LogP contribution in [-0.4, -0.2) is 11.9 Å². The van der Waals surface area contributed by atoms with Crippen LogP contribution in [0, 0.1) is 60.6 Å². The summed E-state index contributed by atoms with van der Waals surface area (Å²) >= 11 is 0. The molecule has 0 aromatic rings.